The first-order chi connectivity index (χ1) is 18.2. The monoisotopic (exact) mass is 500 g/mol. The number of rotatable bonds is 6. The summed E-state index contributed by atoms with van der Waals surface area (Å²) in [5.74, 6) is 2.39. The molecule has 1 fully saturated rings. The maximum absolute atomic E-state index is 13.2. The third-order valence-corrected chi connectivity index (χ3v) is 7.65. The van der Waals surface area contributed by atoms with E-state index in [0.717, 1.165) is 37.2 Å². The van der Waals surface area contributed by atoms with Crippen LogP contribution >= 0.6 is 0 Å². The zero-order valence-electron chi connectivity index (χ0n) is 22.2. The van der Waals surface area contributed by atoms with E-state index >= 15 is 0 Å². The van der Waals surface area contributed by atoms with E-state index in [1.165, 1.54) is 43.2 Å². The molecule has 0 saturated heterocycles. The van der Waals surface area contributed by atoms with Gasteiger partial charge < -0.3 is 14.8 Å². The first-order valence-electron chi connectivity index (χ1n) is 13.7. The number of ether oxygens (including phenoxy) is 2. The summed E-state index contributed by atoms with van der Waals surface area (Å²) < 4.78 is 10.8. The van der Waals surface area contributed by atoms with Gasteiger partial charge in [-0.3, -0.25) is 9.78 Å². The van der Waals surface area contributed by atoms with Crippen LogP contribution in [-0.4, -0.2) is 31.2 Å². The van der Waals surface area contributed by atoms with Crippen molar-refractivity contribution in [3.8, 4) is 11.5 Å². The van der Waals surface area contributed by atoms with E-state index in [1.54, 1.807) is 26.5 Å². The van der Waals surface area contributed by atoms with E-state index < -0.39 is 0 Å². The van der Waals surface area contributed by atoms with Crippen molar-refractivity contribution in [2.75, 3.05) is 14.2 Å². The molecular weight excluding hydrogens is 460 g/mol. The highest BCUT2D eigenvalue weighted by molar-refractivity contribution is 5.92. The van der Waals surface area contributed by atoms with E-state index in [9.17, 15) is 4.79 Å². The standard InChI is InChI=1S/C32H40N2O3/c1-36-29-17-13-24(14-18-29)26-10-6-4-3-5-7-11-27(25-15-19-30(37-2)20-16-25)23-28(22-26)34-32(35)31-12-8-9-21-33-31/h8-9,12-21,26-28H,3-7,10-11,22-23H2,1-2H3,(H,34,35). The maximum atomic E-state index is 13.2. The van der Waals surface area contributed by atoms with Gasteiger partial charge in [0.05, 0.1) is 14.2 Å². The quantitative estimate of drug-likeness (QED) is 0.386. The molecule has 0 bridgehead atoms. The fourth-order valence-electron chi connectivity index (χ4n) is 5.56. The van der Waals surface area contributed by atoms with Crippen LogP contribution in [0.4, 0.5) is 0 Å². The number of hydrogen-bond donors (Lipinski definition) is 1. The summed E-state index contributed by atoms with van der Waals surface area (Å²) in [5.41, 5.74) is 3.10. The number of benzene rings is 2. The van der Waals surface area contributed by atoms with E-state index in [0.29, 0.717) is 17.5 Å². The Morgan fingerprint density at radius 3 is 1.70 bits per heavy atom. The highest BCUT2D eigenvalue weighted by Gasteiger charge is 2.25. The van der Waals surface area contributed by atoms with E-state index in [1.807, 2.05) is 36.4 Å². The van der Waals surface area contributed by atoms with Crippen molar-refractivity contribution < 1.29 is 14.3 Å². The maximum Gasteiger partial charge on any atom is 0.270 e. The van der Waals surface area contributed by atoms with Gasteiger partial charge in [0.1, 0.15) is 17.2 Å². The van der Waals surface area contributed by atoms with Crippen molar-refractivity contribution in [2.45, 2.75) is 75.7 Å². The zero-order valence-corrected chi connectivity index (χ0v) is 22.2. The van der Waals surface area contributed by atoms with Gasteiger partial charge in [-0.05, 0) is 85.0 Å². The molecule has 0 spiro atoms. The van der Waals surface area contributed by atoms with Crippen molar-refractivity contribution in [1.82, 2.24) is 10.3 Å². The summed E-state index contributed by atoms with van der Waals surface area (Å²) in [6.45, 7) is 0. The number of methoxy groups -OCH3 is 2. The number of nitrogens with zero attached hydrogens (tertiary/aromatic N) is 1. The molecule has 1 saturated carbocycles. The fourth-order valence-corrected chi connectivity index (χ4v) is 5.56. The lowest BCUT2D eigenvalue weighted by atomic mass is 9.81. The number of hydrogen-bond acceptors (Lipinski definition) is 4. The molecule has 1 aromatic heterocycles. The minimum Gasteiger partial charge on any atom is -0.497 e. The largest absolute Gasteiger partial charge is 0.497 e. The number of pyridine rings is 1. The Labute approximate surface area is 221 Å². The molecule has 196 valence electrons. The molecule has 1 amide bonds. The van der Waals surface area contributed by atoms with Gasteiger partial charge in [-0.1, -0.05) is 62.4 Å². The van der Waals surface area contributed by atoms with Crippen LogP contribution in [0.5, 0.6) is 11.5 Å². The average Bonchev–Trinajstić information content (AvgIpc) is 2.95. The van der Waals surface area contributed by atoms with Crippen LogP contribution in [0.25, 0.3) is 0 Å². The molecule has 2 aromatic carbocycles. The normalized spacial score (nSPS) is 21.2. The lowest BCUT2D eigenvalue weighted by Gasteiger charge is -2.29. The number of carbonyl (C=O) groups is 1. The van der Waals surface area contributed by atoms with Crippen molar-refractivity contribution in [3.05, 3.63) is 89.7 Å². The Balaban J connectivity index is 1.62. The SMILES string of the molecule is COc1ccc(C2CCCCCCCC(c3ccc(OC)cc3)CC(NC(=O)c3ccccn3)C2)cc1. The highest BCUT2D eigenvalue weighted by Crippen LogP contribution is 2.35. The second kappa shape index (κ2) is 13.8. The van der Waals surface area contributed by atoms with Gasteiger partial charge in [-0.2, -0.15) is 0 Å². The van der Waals surface area contributed by atoms with Gasteiger partial charge >= 0.3 is 0 Å². The predicted molar refractivity (Wildman–Crippen MR) is 149 cm³/mol. The number of amides is 1. The smallest absolute Gasteiger partial charge is 0.270 e. The van der Waals surface area contributed by atoms with Crippen molar-refractivity contribution in [1.29, 1.82) is 0 Å². The van der Waals surface area contributed by atoms with Crippen LogP contribution in [-0.2, 0) is 0 Å². The molecule has 3 aromatic rings. The topological polar surface area (TPSA) is 60.5 Å². The van der Waals surface area contributed by atoms with Crippen LogP contribution in [0.15, 0.2) is 72.9 Å². The average molecular weight is 501 g/mol. The second-order valence-corrected chi connectivity index (χ2v) is 10.1. The van der Waals surface area contributed by atoms with Gasteiger partial charge in [0.25, 0.3) is 5.91 Å². The summed E-state index contributed by atoms with van der Waals surface area (Å²) in [6, 6.07) is 22.5. The molecule has 1 heterocycles. The Kier molecular flexibility index (Phi) is 9.98. The lowest BCUT2D eigenvalue weighted by Crippen LogP contribution is -2.37. The van der Waals surface area contributed by atoms with Gasteiger partial charge in [0, 0.05) is 12.2 Å². The third kappa shape index (κ3) is 7.82. The van der Waals surface area contributed by atoms with E-state index in [2.05, 4.69) is 34.6 Å². The fraction of sp³-hybridized carbons (Fsp3) is 0.438. The van der Waals surface area contributed by atoms with Crippen LogP contribution in [0.1, 0.15) is 91.2 Å². The number of carbonyl (C=O) groups excluding carboxylic acids is 1. The summed E-state index contributed by atoms with van der Waals surface area (Å²) in [4.78, 5) is 17.5. The third-order valence-electron chi connectivity index (χ3n) is 7.65. The zero-order chi connectivity index (χ0) is 25.9. The molecule has 37 heavy (non-hydrogen) atoms. The first kappa shape index (κ1) is 26.7. The number of nitrogens with one attached hydrogen (secondary N) is 1. The van der Waals surface area contributed by atoms with Crippen LogP contribution in [0.2, 0.25) is 0 Å². The van der Waals surface area contributed by atoms with Crippen molar-refractivity contribution in [3.63, 3.8) is 0 Å². The van der Waals surface area contributed by atoms with Gasteiger partial charge in [0.15, 0.2) is 0 Å². The van der Waals surface area contributed by atoms with E-state index in [4.69, 9.17) is 9.47 Å². The highest BCUT2D eigenvalue weighted by atomic mass is 16.5. The summed E-state index contributed by atoms with van der Waals surface area (Å²) in [6.07, 6.45) is 11.9. The Morgan fingerprint density at radius 2 is 1.24 bits per heavy atom. The molecule has 5 nitrogen and oxygen atoms in total. The predicted octanol–water partition coefficient (Wildman–Crippen LogP) is 7.29. The molecule has 2 unspecified atom stereocenters. The molecule has 2 atom stereocenters. The molecule has 1 N–H and O–H groups in total. The molecule has 1 aliphatic rings. The van der Waals surface area contributed by atoms with Crippen LogP contribution in [0.3, 0.4) is 0 Å². The van der Waals surface area contributed by atoms with E-state index in [-0.39, 0.29) is 11.9 Å². The van der Waals surface area contributed by atoms with Gasteiger partial charge in [0.2, 0.25) is 0 Å². The second-order valence-electron chi connectivity index (χ2n) is 10.1. The van der Waals surface area contributed by atoms with Crippen molar-refractivity contribution in [2.24, 2.45) is 0 Å². The molecule has 0 aliphatic heterocycles. The van der Waals surface area contributed by atoms with Crippen LogP contribution in [0, 0.1) is 0 Å². The van der Waals surface area contributed by atoms with Gasteiger partial charge in [-0.15, -0.1) is 0 Å². The Morgan fingerprint density at radius 1 is 0.730 bits per heavy atom. The Hall–Kier alpha value is -3.34. The lowest BCUT2D eigenvalue weighted by molar-refractivity contribution is 0.0923. The first-order valence-corrected chi connectivity index (χ1v) is 13.7. The molecular formula is C32H40N2O3. The van der Waals surface area contributed by atoms with Crippen molar-refractivity contribution >= 4 is 5.91 Å². The molecule has 4 rings (SSSR count). The minimum atomic E-state index is -0.0975. The Bertz CT molecular complexity index is 1020. The molecule has 0 radical (unpaired) electrons. The van der Waals surface area contributed by atoms with Crippen LogP contribution < -0.4 is 14.8 Å². The summed E-state index contributed by atoms with van der Waals surface area (Å²) in [5, 5.41) is 3.38. The number of aromatic nitrogens is 1. The minimum absolute atomic E-state index is 0.0353. The summed E-state index contributed by atoms with van der Waals surface area (Å²) >= 11 is 0. The molecule has 5 heteroatoms. The summed E-state index contributed by atoms with van der Waals surface area (Å²) in [7, 11) is 3.40. The molecule has 1 aliphatic carbocycles. The van der Waals surface area contributed by atoms with Gasteiger partial charge in [-0.25, -0.2) is 0 Å².